The fourth-order valence-corrected chi connectivity index (χ4v) is 2.37. The molecule has 1 unspecified atom stereocenters. The summed E-state index contributed by atoms with van der Waals surface area (Å²) >= 11 is 5.91. The fourth-order valence-electron chi connectivity index (χ4n) is 2.12. The zero-order chi connectivity index (χ0) is 15.4. The Balaban J connectivity index is 2.04. The van der Waals surface area contributed by atoms with Crippen LogP contribution in [0, 0.1) is 11.6 Å². The van der Waals surface area contributed by atoms with Crippen molar-refractivity contribution < 1.29 is 18.6 Å². The van der Waals surface area contributed by atoms with Crippen LogP contribution in [0.4, 0.5) is 8.78 Å². The van der Waals surface area contributed by atoms with Gasteiger partial charge in [0.25, 0.3) is 0 Å². The highest BCUT2D eigenvalue weighted by molar-refractivity contribution is 6.31. The lowest BCUT2D eigenvalue weighted by Crippen LogP contribution is -2.14. The van der Waals surface area contributed by atoms with Crippen molar-refractivity contribution in [3.8, 4) is 5.75 Å². The molecular formula is C16H15ClF2O2. The van der Waals surface area contributed by atoms with Crippen LogP contribution in [0.1, 0.15) is 11.1 Å². The minimum absolute atomic E-state index is 0.162. The maximum absolute atomic E-state index is 13.6. The zero-order valence-corrected chi connectivity index (χ0v) is 12.2. The Kier molecular flexibility index (Phi) is 5.15. The molecule has 0 aliphatic carbocycles. The summed E-state index contributed by atoms with van der Waals surface area (Å²) in [4.78, 5) is 0. The first-order valence-electron chi connectivity index (χ1n) is 6.44. The van der Waals surface area contributed by atoms with Gasteiger partial charge in [0.1, 0.15) is 5.82 Å². The van der Waals surface area contributed by atoms with E-state index in [9.17, 15) is 13.9 Å². The van der Waals surface area contributed by atoms with Gasteiger partial charge in [-0.05, 0) is 41.8 Å². The Bertz CT molecular complexity index is 632. The van der Waals surface area contributed by atoms with Crippen LogP contribution in [-0.2, 0) is 12.8 Å². The largest absolute Gasteiger partial charge is 0.494 e. The third-order valence-corrected chi connectivity index (χ3v) is 3.51. The fraction of sp³-hybridized carbons (Fsp3) is 0.250. The van der Waals surface area contributed by atoms with Crippen molar-refractivity contribution in [3.05, 3.63) is 64.2 Å². The molecule has 2 aromatic rings. The van der Waals surface area contributed by atoms with E-state index in [1.165, 1.54) is 37.4 Å². The van der Waals surface area contributed by atoms with Crippen molar-refractivity contribution in [3.63, 3.8) is 0 Å². The van der Waals surface area contributed by atoms with E-state index in [0.29, 0.717) is 11.1 Å². The van der Waals surface area contributed by atoms with E-state index in [-0.39, 0.29) is 23.6 Å². The predicted molar refractivity (Wildman–Crippen MR) is 77.8 cm³/mol. The predicted octanol–water partition coefficient (Wildman–Crippen LogP) is 3.77. The summed E-state index contributed by atoms with van der Waals surface area (Å²) in [5, 5.41) is 10.3. The number of halogens is 3. The van der Waals surface area contributed by atoms with Crippen molar-refractivity contribution in [2.75, 3.05) is 7.11 Å². The molecule has 2 nitrogen and oxygen atoms in total. The quantitative estimate of drug-likeness (QED) is 0.910. The molecule has 0 amide bonds. The Hall–Kier alpha value is -1.65. The number of methoxy groups -OCH3 is 1. The van der Waals surface area contributed by atoms with Crippen LogP contribution in [0.2, 0.25) is 5.02 Å². The number of hydrogen-bond acceptors (Lipinski definition) is 2. The second-order valence-electron chi connectivity index (χ2n) is 4.77. The molecule has 112 valence electrons. The van der Waals surface area contributed by atoms with E-state index in [0.717, 1.165) is 0 Å². The van der Waals surface area contributed by atoms with Gasteiger partial charge in [0, 0.05) is 11.4 Å². The van der Waals surface area contributed by atoms with Gasteiger partial charge >= 0.3 is 0 Å². The molecule has 0 radical (unpaired) electrons. The number of aliphatic hydroxyl groups excluding tert-OH is 1. The Morgan fingerprint density at radius 1 is 1.14 bits per heavy atom. The lowest BCUT2D eigenvalue weighted by atomic mass is 10.0. The maximum atomic E-state index is 13.6. The van der Waals surface area contributed by atoms with Crippen molar-refractivity contribution in [2.45, 2.75) is 18.9 Å². The van der Waals surface area contributed by atoms with Gasteiger partial charge in [-0.25, -0.2) is 8.78 Å². The average Bonchev–Trinajstić information content (AvgIpc) is 2.42. The van der Waals surface area contributed by atoms with Crippen molar-refractivity contribution in [2.24, 2.45) is 0 Å². The number of aliphatic hydroxyl groups is 1. The highest BCUT2D eigenvalue weighted by atomic mass is 35.5. The Morgan fingerprint density at radius 3 is 2.52 bits per heavy atom. The van der Waals surface area contributed by atoms with E-state index in [1.807, 2.05) is 0 Å². The van der Waals surface area contributed by atoms with E-state index < -0.39 is 17.7 Å². The second kappa shape index (κ2) is 6.87. The molecule has 0 aromatic heterocycles. The molecule has 0 heterocycles. The van der Waals surface area contributed by atoms with E-state index in [4.69, 9.17) is 16.3 Å². The molecule has 0 saturated carbocycles. The third-order valence-electron chi connectivity index (χ3n) is 3.16. The molecule has 0 fully saturated rings. The van der Waals surface area contributed by atoms with Gasteiger partial charge in [0.15, 0.2) is 11.6 Å². The summed E-state index contributed by atoms with van der Waals surface area (Å²) in [6.07, 6.45) is -0.192. The first-order valence-corrected chi connectivity index (χ1v) is 6.82. The highest BCUT2D eigenvalue weighted by Crippen LogP contribution is 2.22. The van der Waals surface area contributed by atoms with Crippen LogP contribution in [0.25, 0.3) is 0 Å². The molecule has 1 atom stereocenters. The lowest BCUT2D eigenvalue weighted by molar-refractivity contribution is 0.175. The highest BCUT2D eigenvalue weighted by Gasteiger charge is 2.12. The van der Waals surface area contributed by atoms with Gasteiger partial charge in [0.2, 0.25) is 0 Å². The number of hydrogen-bond donors (Lipinski definition) is 1. The van der Waals surface area contributed by atoms with E-state index in [2.05, 4.69) is 0 Å². The maximum Gasteiger partial charge on any atom is 0.165 e. The summed E-state index contributed by atoms with van der Waals surface area (Å²) in [6, 6.07) is 8.57. The van der Waals surface area contributed by atoms with Crippen LogP contribution < -0.4 is 4.74 Å². The number of ether oxygens (including phenoxy) is 1. The minimum Gasteiger partial charge on any atom is -0.494 e. The normalized spacial score (nSPS) is 12.2. The van der Waals surface area contributed by atoms with Gasteiger partial charge in [-0.3, -0.25) is 0 Å². The first kappa shape index (κ1) is 15.7. The Labute approximate surface area is 126 Å². The summed E-state index contributed by atoms with van der Waals surface area (Å²) in [5.74, 6) is -0.729. The van der Waals surface area contributed by atoms with Crippen LogP contribution in [0.5, 0.6) is 5.75 Å². The smallest absolute Gasteiger partial charge is 0.165 e. The molecule has 0 aliphatic rings. The second-order valence-corrected chi connectivity index (χ2v) is 5.17. The molecule has 0 aliphatic heterocycles. The molecule has 0 saturated heterocycles. The van der Waals surface area contributed by atoms with E-state index in [1.54, 1.807) is 6.07 Å². The SMILES string of the molecule is COc1ccc(CC(O)Cc2ccc(F)cc2Cl)cc1F. The monoisotopic (exact) mass is 312 g/mol. The molecular weight excluding hydrogens is 298 g/mol. The van der Waals surface area contributed by atoms with Crippen molar-refractivity contribution in [1.82, 2.24) is 0 Å². The van der Waals surface area contributed by atoms with Crippen LogP contribution >= 0.6 is 11.6 Å². The van der Waals surface area contributed by atoms with Crippen LogP contribution in [0.3, 0.4) is 0 Å². The van der Waals surface area contributed by atoms with Gasteiger partial charge in [-0.2, -0.15) is 0 Å². The lowest BCUT2D eigenvalue weighted by Gasteiger charge is -2.13. The standard InChI is InChI=1S/C16H15ClF2O2/c1-21-16-5-2-10(7-15(16)19)6-13(20)8-11-3-4-12(18)9-14(11)17/h2-5,7,9,13,20H,6,8H2,1H3. The minimum atomic E-state index is -0.735. The van der Waals surface area contributed by atoms with Gasteiger partial charge in [-0.1, -0.05) is 23.7 Å². The molecule has 0 spiro atoms. The molecule has 2 rings (SSSR count). The zero-order valence-electron chi connectivity index (χ0n) is 11.4. The van der Waals surface area contributed by atoms with Crippen LogP contribution in [-0.4, -0.2) is 18.3 Å². The van der Waals surface area contributed by atoms with Gasteiger partial charge in [-0.15, -0.1) is 0 Å². The summed E-state index contributed by atoms with van der Waals surface area (Å²) in [5.41, 5.74) is 1.30. The molecule has 0 bridgehead atoms. The first-order chi connectivity index (χ1) is 9.99. The van der Waals surface area contributed by atoms with Crippen LogP contribution in [0.15, 0.2) is 36.4 Å². The van der Waals surface area contributed by atoms with Gasteiger partial charge < -0.3 is 9.84 Å². The van der Waals surface area contributed by atoms with Crippen molar-refractivity contribution in [1.29, 1.82) is 0 Å². The Morgan fingerprint density at radius 2 is 1.90 bits per heavy atom. The molecule has 21 heavy (non-hydrogen) atoms. The topological polar surface area (TPSA) is 29.5 Å². The third kappa shape index (κ3) is 4.16. The molecule has 5 heteroatoms. The number of benzene rings is 2. The average molecular weight is 313 g/mol. The van der Waals surface area contributed by atoms with E-state index >= 15 is 0 Å². The van der Waals surface area contributed by atoms with Gasteiger partial charge in [0.05, 0.1) is 13.2 Å². The molecule has 2 aromatic carbocycles. The van der Waals surface area contributed by atoms with Crippen molar-refractivity contribution >= 4 is 11.6 Å². The summed E-state index contributed by atoms with van der Waals surface area (Å²) < 4.78 is 31.4. The summed E-state index contributed by atoms with van der Waals surface area (Å²) in [7, 11) is 1.39. The summed E-state index contributed by atoms with van der Waals surface area (Å²) in [6.45, 7) is 0. The molecule has 1 N–H and O–H groups in total. The number of rotatable bonds is 5.